The molecule has 1 aromatic carbocycles. The topological polar surface area (TPSA) is 67.4 Å². The van der Waals surface area contributed by atoms with Crippen LogP contribution in [-0.4, -0.2) is 25.5 Å². The predicted octanol–water partition coefficient (Wildman–Crippen LogP) is 2.51. The zero-order chi connectivity index (χ0) is 15.1. The van der Waals surface area contributed by atoms with E-state index in [0.717, 1.165) is 36.4 Å². The molecule has 6 heteroatoms. The Labute approximate surface area is 129 Å². The van der Waals surface area contributed by atoms with Gasteiger partial charge in [0.15, 0.2) is 0 Å². The summed E-state index contributed by atoms with van der Waals surface area (Å²) in [6.45, 7) is 0.744. The van der Waals surface area contributed by atoms with E-state index in [-0.39, 0.29) is 11.9 Å². The van der Waals surface area contributed by atoms with Crippen molar-refractivity contribution in [1.82, 2.24) is 4.72 Å². The van der Waals surface area contributed by atoms with Crippen molar-refractivity contribution in [3.8, 4) is 0 Å². The minimum atomic E-state index is -0.178. The molecule has 0 spiro atoms. The number of esters is 1. The lowest BCUT2D eigenvalue weighted by Gasteiger charge is -2.09. The largest absolute Gasteiger partial charge is 0.469 e. The average Bonchev–Trinajstić information content (AvgIpc) is 2.66. The maximum Gasteiger partial charge on any atom is 0.305 e. The summed E-state index contributed by atoms with van der Waals surface area (Å²) in [5.41, 5.74) is 2.11. The maximum absolute atomic E-state index is 11.5. The van der Waals surface area contributed by atoms with Crippen LogP contribution in [0.3, 0.4) is 0 Å². The Morgan fingerprint density at radius 3 is 3.10 bits per heavy atom. The Bertz CT molecular complexity index is 520. The number of methoxy groups -OCH3 is 1. The first kappa shape index (κ1) is 15.9. The molecule has 114 valence electrons. The van der Waals surface area contributed by atoms with Gasteiger partial charge in [-0.15, -0.1) is 0 Å². The van der Waals surface area contributed by atoms with E-state index in [1.807, 2.05) is 12.1 Å². The number of aryl methyl sites for hydroxylation is 1. The van der Waals surface area contributed by atoms with E-state index < -0.39 is 0 Å². The molecule has 5 nitrogen and oxygen atoms in total. The quantitative estimate of drug-likeness (QED) is 0.480. The van der Waals surface area contributed by atoms with Crippen LogP contribution in [0.15, 0.2) is 23.1 Å². The molecule has 1 aliphatic heterocycles. The molecule has 2 N–H and O–H groups in total. The van der Waals surface area contributed by atoms with Gasteiger partial charge in [-0.2, -0.15) is 0 Å². The Hall–Kier alpha value is -1.53. The number of nitrogens with one attached hydrogen (secondary N) is 2. The van der Waals surface area contributed by atoms with Crippen LogP contribution in [0.1, 0.15) is 31.2 Å². The van der Waals surface area contributed by atoms with E-state index in [0.29, 0.717) is 12.8 Å². The van der Waals surface area contributed by atoms with Crippen LogP contribution < -0.4 is 10.0 Å². The number of rotatable bonds is 6. The van der Waals surface area contributed by atoms with Crippen LogP contribution >= 0.6 is 11.9 Å². The lowest BCUT2D eigenvalue weighted by molar-refractivity contribution is -0.140. The third kappa shape index (κ3) is 5.06. The van der Waals surface area contributed by atoms with E-state index in [9.17, 15) is 9.59 Å². The summed E-state index contributed by atoms with van der Waals surface area (Å²) in [7, 11) is 1.40. The number of amides is 1. The second kappa shape index (κ2) is 8.05. The fourth-order valence-corrected chi connectivity index (χ4v) is 2.91. The van der Waals surface area contributed by atoms with Crippen molar-refractivity contribution in [2.75, 3.05) is 19.0 Å². The number of hydrogen-bond acceptors (Lipinski definition) is 5. The minimum absolute atomic E-state index is 0.0927. The van der Waals surface area contributed by atoms with Gasteiger partial charge in [0, 0.05) is 30.0 Å². The monoisotopic (exact) mass is 308 g/mol. The summed E-state index contributed by atoms with van der Waals surface area (Å²) in [4.78, 5) is 23.6. The standard InChI is InChI=1S/C15H20N2O3S/c1-20-15(19)6-3-9-16-21-12-7-8-13-11(10-12)4-2-5-14(18)17-13/h7-8,10,16H,2-6,9H2,1H3,(H,17,18). The highest BCUT2D eigenvalue weighted by Gasteiger charge is 2.13. The molecular formula is C15H20N2O3S. The average molecular weight is 308 g/mol. The summed E-state index contributed by atoms with van der Waals surface area (Å²) in [5.74, 6) is -0.0855. The van der Waals surface area contributed by atoms with Gasteiger partial charge in [0.2, 0.25) is 5.91 Å². The number of benzene rings is 1. The number of ether oxygens (including phenoxy) is 1. The molecular weight excluding hydrogens is 288 g/mol. The second-order valence-corrected chi connectivity index (χ2v) is 5.86. The molecule has 21 heavy (non-hydrogen) atoms. The van der Waals surface area contributed by atoms with Crippen molar-refractivity contribution in [2.24, 2.45) is 0 Å². The highest BCUT2D eigenvalue weighted by atomic mass is 32.2. The fourth-order valence-electron chi connectivity index (χ4n) is 2.16. The van der Waals surface area contributed by atoms with E-state index in [1.165, 1.54) is 12.7 Å². The Balaban J connectivity index is 1.81. The molecule has 0 saturated carbocycles. The third-order valence-corrected chi connectivity index (χ3v) is 4.12. The van der Waals surface area contributed by atoms with Crippen LogP contribution in [0.4, 0.5) is 5.69 Å². The zero-order valence-electron chi connectivity index (χ0n) is 12.1. The molecule has 1 aromatic rings. The highest BCUT2D eigenvalue weighted by Crippen LogP contribution is 2.26. The molecule has 2 rings (SSSR count). The molecule has 0 atom stereocenters. The molecule has 0 unspecified atom stereocenters. The van der Waals surface area contributed by atoms with Gasteiger partial charge in [0.25, 0.3) is 0 Å². The number of carbonyl (C=O) groups is 2. The first-order chi connectivity index (χ1) is 10.2. The van der Waals surface area contributed by atoms with Gasteiger partial charge in [-0.1, -0.05) is 0 Å². The summed E-state index contributed by atoms with van der Waals surface area (Å²) in [6, 6.07) is 6.05. The summed E-state index contributed by atoms with van der Waals surface area (Å²) >= 11 is 1.55. The van der Waals surface area contributed by atoms with Crippen LogP contribution in [-0.2, 0) is 20.7 Å². The van der Waals surface area contributed by atoms with E-state index >= 15 is 0 Å². The zero-order valence-corrected chi connectivity index (χ0v) is 12.9. The van der Waals surface area contributed by atoms with Gasteiger partial charge < -0.3 is 10.1 Å². The molecule has 0 aromatic heterocycles. The van der Waals surface area contributed by atoms with Crippen LogP contribution in [0.2, 0.25) is 0 Å². The SMILES string of the molecule is COC(=O)CCCNSc1ccc2c(c1)CCCC(=O)N2. The summed E-state index contributed by atoms with van der Waals surface area (Å²) in [5, 5.41) is 2.92. The van der Waals surface area contributed by atoms with Crippen molar-refractivity contribution >= 4 is 29.5 Å². The van der Waals surface area contributed by atoms with Gasteiger partial charge in [-0.3, -0.25) is 14.3 Å². The summed E-state index contributed by atoms with van der Waals surface area (Å²) in [6.07, 6.45) is 3.58. The van der Waals surface area contributed by atoms with Crippen molar-refractivity contribution < 1.29 is 14.3 Å². The van der Waals surface area contributed by atoms with Crippen molar-refractivity contribution in [3.05, 3.63) is 23.8 Å². The molecule has 0 saturated heterocycles. The van der Waals surface area contributed by atoms with Gasteiger partial charge in [0.05, 0.1) is 7.11 Å². The first-order valence-corrected chi connectivity index (χ1v) is 7.90. The Morgan fingerprint density at radius 2 is 2.29 bits per heavy atom. The minimum Gasteiger partial charge on any atom is -0.469 e. The van der Waals surface area contributed by atoms with Gasteiger partial charge in [-0.25, -0.2) is 0 Å². The van der Waals surface area contributed by atoms with E-state index in [1.54, 1.807) is 11.9 Å². The fraction of sp³-hybridized carbons (Fsp3) is 0.467. The van der Waals surface area contributed by atoms with Gasteiger partial charge >= 0.3 is 5.97 Å². The van der Waals surface area contributed by atoms with E-state index in [4.69, 9.17) is 0 Å². The normalized spacial score (nSPS) is 14.0. The van der Waals surface area contributed by atoms with Crippen molar-refractivity contribution in [1.29, 1.82) is 0 Å². The third-order valence-electron chi connectivity index (χ3n) is 3.28. The smallest absolute Gasteiger partial charge is 0.305 e. The number of hydrogen-bond donors (Lipinski definition) is 2. The lowest BCUT2D eigenvalue weighted by Crippen LogP contribution is -2.10. The van der Waals surface area contributed by atoms with Gasteiger partial charge in [-0.05, 0) is 55.0 Å². The number of carbonyl (C=O) groups excluding carboxylic acids is 2. The van der Waals surface area contributed by atoms with E-state index in [2.05, 4.69) is 20.8 Å². The first-order valence-electron chi connectivity index (χ1n) is 7.08. The highest BCUT2D eigenvalue weighted by molar-refractivity contribution is 7.97. The summed E-state index contributed by atoms with van der Waals surface area (Å²) < 4.78 is 7.82. The van der Waals surface area contributed by atoms with Crippen LogP contribution in [0.25, 0.3) is 0 Å². The van der Waals surface area contributed by atoms with Crippen LogP contribution in [0, 0.1) is 0 Å². The number of anilines is 1. The molecule has 0 bridgehead atoms. The predicted molar refractivity (Wildman–Crippen MR) is 83.1 cm³/mol. The second-order valence-electron chi connectivity index (χ2n) is 4.90. The molecule has 0 aliphatic carbocycles. The van der Waals surface area contributed by atoms with Crippen molar-refractivity contribution in [2.45, 2.75) is 37.0 Å². The maximum atomic E-state index is 11.5. The van der Waals surface area contributed by atoms with Gasteiger partial charge in [0.1, 0.15) is 0 Å². The molecule has 0 radical (unpaired) electrons. The number of fused-ring (bicyclic) bond motifs is 1. The Kier molecular flexibility index (Phi) is 6.07. The lowest BCUT2D eigenvalue weighted by atomic mass is 10.1. The van der Waals surface area contributed by atoms with Crippen molar-refractivity contribution in [3.63, 3.8) is 0 Å². The molecule has 0 fully saturated rings. The Morgan fingerprint density at radius 1 is 1.43 bits per heavy atom. The van der Waals surface area contributed by atoms with Crippen LogP contribution in [0.5, 0.6) is 0 Å². The molecule has 1 heterocycles. The molecule has 1 amide bonds. The molecule has 1 aliphatic rings.